The Labute approximate surface area is 355 Å². The summed E-state index contributed by atoms with van der Waals surface area (Å²) in [6, 6.07) is 0. The van der Waals surface area contributed by atoms with Crippen LogP contribution < -0.4 is 0 Å². The van der Waals surface area contributed by atoms with Gasteiger partial charge in [-0.05, 0) is 31.1 Å². The Bertz CT molecular complexity index is 870. The Morgan fingerprint density at radius 2 is 0.579 bits per heavy atom. The number of esters is 3. The van der Waals surface area contributed by atoms with Crippen LogP contribution in [0.1, 0.15) is 279 Å². The Balaban J connectivity index is 4.08. The number of hydrogen-bond acceptors (Lipinski definition) is 6. The third-order valence-corrected chi connectivity index (χ3v) is 11.5. The van der Waals surface area contributed by atoms with E-state index in [0.29, 0.717) is 19.3 Å². The van der Waals surface area contributed by atoms with Crippen LogP contribution in [0.5, 0.6) is 0 Å². The van der Waals surface area contributed by atoms with Gasteiger partial charge < -0.3 is 14.2 Å². The lowest BCUT2D eigenvalue weighted by atomic mass is 10.0. The molecule has 0 heterocycles. The molecule has 0 N–H and O–H groups in total. The van der Waals surface area contributed by atoms with Crippen molar-refractivity contribution in [1.82, 2.24) is 0 Å². The number of carbonyl (C=O) groups is 3. The molecule has 0 aliphatic carbocycles. The van der Waals surface area contributed by atoms with Crippen molar-refractivity contribution < 1.29 is 28.6 Å². The molecule has 0 unspecified atom stereocenters. The molecule has 338 valence electrons. The molecule has 57 heavy (non-hydrogen) atoms. The molecule has 1 atom stereocenters. The van der Waals surface area contributed by atoms with Crippen LogP contribution >= 0.6 is 0 Å². The fourth-order valence-electron chi connectivity index (χ4n) is 7.64. The standard InChI is InChI=1S/C51H98O6/c1-6-7-8-29-36-41-49(52)55-44-48(45-56-50(53)42-37-32-27-23-20-19-22-26-31-35-40-47(4)5)57-51(54)43-38-33-28-24-18-16-14-12-10-9-11-13-15-17-21-25-30-34-39-46(2)3/h46-48H,6-45H2,1-5H3/t48-/m0/s1. The first-order chi connectivity index (χ1) is 27.7. The van der Waals surface area contributed by atoms with E-state index in [1.54, 1.807) is 0 Å². The van der Waals surface area contributed by atoms with Crippen molar-refractivity contribution in [2.24, 2.45) is 11.8 Å². The summed E-state index contributed by atoms with van der Waals surface area (Å²) in [6.07, 6.45) is 44.1. The number of unbranched alkanes of at least 4 members (excludes halogenated alkanes) is 30. The van der Waals surface area contributed by atoms with E-state index in [1.807, 2.05) is 0 Å². The number of carbonyl (C=O) groups excluding carboxylic acids is 3. The number of ether oxygens (including phenoxy) is 3. The molecular weight excluding hydrogens is 709 g/mol. The summed E-state index contributed by atoms with van der Waals surface area (Å²) >= 11 is 0. The van der Waals surface area contributed by atoms with Gasteiger partial charge in [0, 0.05) is 19.3 Å². The molecule has 0 aromatic carbocycles. The van der Waals surface area contributed by atoms with E-state index >= 15 is 0 Å². The van der Waals surface area contributed by atoms with Gasteiger partial charge in [-0.15, -0.1) is 0 Å². The van der Waals surface area contributed by atoms with Crippen molar-refractivity contribution in [2.75, 3.05) is 13.2 Å². The quantitative estimate of drug-likeness (QED) is 0.0346. The second kappa shape index (κ2) is 44.0. The van der Waals surface area contributed by atoms with Crippen molar-refractivity contribution in [1.29, 1.82) is 0 Å². The lowest BCUT2D eigenvalue weighted by molar-refractivity contribution is -0.167. The van der Waals surface area contributed by atoms with E-state index in [0.717, 1.165) is 76.0 Å². The molecule has 0 radical (unpaired) electrons. The molecule has 0 rings (SSSR count). The monoisotopic (exact) mass is 807 g/mol. The van der Waals surface area contributed by atoms with Gasteiger partial charge in [-0.25, -0.2) is 0 Å². The lowest BCUT2D eigenvalue weighted by Crippen LogP contribution is -2.30. The van der Waals surface area contributed by atoms with Crippen LogP contribution in [0.3, 0.4) is 0 Å². The zero-order chi connectivity index (χ0) is 41.9. The maximum absolute atomic E-state index is 12.7. The fourth-order valence-corrected chi connectivity index (χ4v) is 7.64. The minimum absolute atomic E-state index is 0.0652. The van der Waals surface area contributed by atoms with Gasteiger partial charge in [0.05, 0.1) is 0 Å². The molecule has 0 spiro atoms. The summed E-state index contributed by atoms with van der Waals surface area (Å²) < 4.78 is 16.7. The van der Waals surface area contributed by atoms with Gasteiger partial charge >= 0.3 is 17.9 Å². The smallest absolute Gasteiger partial charge is 0.306 e. The molecule has 0 amide bonds. The molecule has 6 heteroatoms. The summed E-state index contributed by atoms with van der Waals surface area (Å²) in [7, 11) is 0. The fraction of sp³-hybridized carbons (Fsp3) is 0.941. The lowest BCUT2D eigenvalue weighted by Gasteiger charge is -2.18. The highest BCUT2D eigenvalue weighted by Gasteiger charge is 2.19. The molecule has 0 aromatic heterocycles. The Kier molecular flexibility index (Phi) is 42.7. The van der Waals surface area contributed by atoms with Crippen molar-refractivity contribution in [3.05, 3.63) is 0 Å². The van der Waals surface area contributed by atoms with Crippen molar-refractivity contribution in [3.63, 3.8) is 0 Å². The van der Waals surface area contributed by atoms with Crippen LogP contribution in [0.15, 0.2) is 0 Å². The summed E-state index contributed by atoms with van der Waals surface area (Å²) in [5.74, 6) is 0.812. The molecule has 0 saturated heterocycles. The maximum atomic E-state index is 12.7. The van der Waals surface area contributed by atoms with Crippen LogP contribution in [-0.4, -0.2) is 37.2 Å². The van der Waals surface area contributed by atoms with Gasteiger partial charge in [-0.2, -0.15) is 0 Å². The maximum Gasteiger partial charge on any atom is 0.306 e. The topological polar surface area (TPSA) is 78.9 Å². The zero-order valence-corrected chi connectivity index (χ0v) is 39.0. The van der Waals surface area contributed by atoms with Gasteiger partial charge in [0.1, 0.15) is 13.2 Å². The minimum atomic E-state index is -0.759. The Morgan fingerprint density at radius 1 is 0.333 bits per heavy atom. The molecular formula is C51H98O6. The molecule has 6 nitrogen and oxygen atoms in total. The molecule has 0 saturated carbocycles. The predicted molar refractivity (Wildman–Crippen MR) is 243 cm³/mol. The molecule has 0 aromatic rings. The zero-order valence-electron chi connectivity index (χ0n) is 39.0. The van der Waals surface area contributed by atoms with Gasteiger partial charge in [0.15, 0.2) is 6.10 Å². The van der Waals surface area contributed by atoms with Crippen LogP contribution in [0.25, 0.3) is 0 Å². The minimum Gasteiger partial charge on any atom is -0.462 e. The van der Waals surface area contributed by atoms with Crippen molar-refractivity contribution in [3.8, 4) is 0 Å². The first kappa shape index (κ1) is 55.4. The highest BCUT2D eigenvalue weighted by molar-refractivity contribution is 5.71. The van der Waals surface area contributed by atoms with Crippen molar-refractivity contribution in [2.45, 2.75) is 285 Å². The van der Waals surface area contributed by atoms with Gasteiger partial charge in [0.2, 0.25) is 0 Å². The number of hydrogen-bond donors (Lipinski definition) is 0. The van der Waals surface area contributed by atoms with E-state index in [1.165, 1.54) is 161 Å². The van der Waals surface area contributed by atoms with Gasteiger partial charge in [-0.3, -0.25) is 14.4 Å². The average molecular weight is 807 g/mol. The first-order valence-corrected chi connectivity index (χ1v) is 25.2. The summed E-state index contributed by atoms with van der Waals surface area (Å²) in [5.41, 5.74) is 0. The van der Waals surface area contributed by atoms with Crippen LogP contribution in [0, 0.1) is 11.8 Å². The van der Waals surface area contributed by atoms with E-state index in [2.05, 4.69) is 34.6 Å². The highest BCUT2D eigenvalue weighted by Crippen LogP contribution is 2.17. The predicted octanol–water partition coefficient (Wildman–Crippen LogP) is 16.1. The van der Waals surface area contributed by atoms with Crippen LogP contribution in [0.4, 0.5) is 0 Å². The average Bonchev–Trinajstić information content (AvgIpc) is 3.18. The third kappa shape index (κ3) is 45.3. The third-order valence-electron chi connectivity index (χ3n) is 11.5. The molecule has 0 fully saturated rings. The van der Waals surface area contributed by atoms with Gasteiger partial charge in [0.25, 0.3) is 0 Å². The highest BCUT2D eigenvalue weighted by atomic mass is 16.6. The SMILES string of the molecule is CCCCCCCC(=O)OC[C@@H](COC(=O)CCCCCCCCCCCCC(C)C)OC(=O)CCCCCCCCCCCCCCCCCCCCC(C)C. The van der Waals surface area contributed by atoms with E-state index in [4.69, 9.17) is 14.2 Å². The van der Waals surface area contributed by atoms with Crippen LogP contribution in [0.2, 0.25) is 0 Å². The second-order valence-corrected chi connectivity index (χ2v) is 18.4. The Hall–Kier alpha value is -1.59. The summed E-state index contributed by atoms with van der Waals surface area (Å²) in [5, 5.41) is 0. The second-order valence-electron chi connectivity index (χ2n) is 18.4. The largest absolute Gasteiger partial charge is 0.462 e. The van der Waals surface area contributed by atoms with E-state index in [-0.39, 0.29) is 31.1 Å². The normalized spacial score (nSPS) is 12.1. The van der Waals surface area contributed by atoms with Crippen LogP contribution in [-0.2, 0) is 28.6 Å². The van der Waals surface area contributed by atoms with Crippen molar-refractivity contribution >= 4 is 17.9 Å². The summed E-state index contributed by atoms with van der Waals surface area (Å²) in [4.78, 5) is 37.6. The van der Waals surface area contributed by atoms with E-state index in [9.17, 15) is 14.4 Å². The summed E-state index contributed by atoms with van der Waals surface area (Å²) in [6.45, 7) is 11.3. The molecule has 0 aliphatic heterocycles. The number of rotatable bonds is 45. The Morgan fingerprint density at radius 3 is 0.860 bits per heavy atom. The van der Waals surface area contributed by atoms with Gasteiger partial charge in [-0.1, -0.05) is 240 Å². The first-order valence-electron chi connectivity index (χ1n) is 25.2. The molecule has 0 bridgehead atoms. The van der Waals surface area contributed by atoms with E-state index < -0.39 is 6.10 Å². The molecule has 0 aliphatic rings.